The molecule has 0 saturated carbocycles. The van der Waals surface area contributed by atoms with Crippen LogP contribution in [0.3, 0.4) is 0 Å². The van der Waals surface area contributed by atoms with Gasteiger partial charge in [0, 0.05) is 11.1 Å². The molecule has 0 N–H and O–H groups in total. The molecule has 4 aromatic rings. The molecule has 150 valence electrons. The van der Waals surface area contributed by atoms with Crippen LogP contribution < -0.4 is 0 Å². The first-order chi connectivity index (χ1) is 14.4. The lowest BCUT2D eigenvalue weighted by Crippen LogP contribution is -2.08. The zero-order valence-electron chi connectivity index (χ0n) is 17.4. The van der Waals surface area contributed by atoms with Gasteiger partial charge in [0.15, 0.2) is 11.6 Å². The number of hydrogen-bond acceptors (Lipinski definition) is 3. The summed E-state index contributed by atoms with van der Waals surface area (Å²) in [4.78, 5) is 13.2. The predicted octanol–water partition coefficient (Wildman–Crippen LogP) is 7.11. The molecule has 4 rings (SSSR count). The maximum absolute atomic E-state index is 6.18. The van der Waals surface area contributed by atoms with Gasteiger partial charge in [0.25, 0.3) is 0 Å². The SMILES string of the molecule is CC(C)(C)Cc1cccc(-c2ccc(-c3nc(Cl)nc(-c4ccccc4)n3)cc2)c1. The second-order valence-corrected chi connectivity index (χ2v) is 8.97. The van der Waals surface area contributed by atoms with Gasteiger partial charge in [-0.1, -0.05) is 99.6 Å². The molecule has 1 heterocycles. The van der Waals surface area contributed by atoms with Gasteiger partial charge in [-0.05, 0) is 40.1 Å². The molecule has 3 aromatic carbocycles. The third-order valence-corrected chi connectivity index (χ3v) is 4.95. The summed E-state index contributed by atoms with van der Waals surface area (Å²) in [7, 11) is 0. The minimum atomic E-state index is 0.192. The Morgan fingerprint density at radius 2 is 1.20 bits per heavy atom. The van der Waals surface area contributed by atoms with Crippen LogP contribution in [0.2, 0.25) is 5.28 Å². The molecular weight excluding hydrogens is 390 g/mol. The van der Waals surface area contributed by atoms with Gasteiger partial charge < -0.3 is 0 Å². The highest BCUT2D eigenvalue weighted by Crippen LogP contribution is 2.28. The van der Waals surface area contributed by atoms with Crippen LogP contribution in [0.25, 0.3) is 33.9 Å². The highest BCUT2D eigenvalue weighted by atomic mass is 35.5. The van der Waals surface area contributed by atoms with Crippen LogP contribution in [-0.4, -0.2) is 15.0 Å². The summed E-state index contributed by atoms with van der Waals surface area (Å²) in [5.41, 5.74) is 5.80. The van der Waals surface area contributed by atoms with Gasteiger partial charge in [-0.15, -0.1) is 0 Å². The standard InChI is InChI=1S/C26H24ClN3/c1-26(2,3)17-18-8-7-11-22(16-18)19-12-14-21(15-13-19)24-28-23(29-25(27)30-24)20-9-5-4-6-10-20/h4-16H,17H2,1-3H3. The Morgan fingerprint density at radius 3 is 1.83 bits per heavy atom. The molecule has 0 atom stereocenters. The van der Waals surface area contributed by atoms with E-state index in [-0.39, 0.29) is 10.7 Å². The van der Waals surface area contributed by atoms with Crippen molar-refractivity contribution in [3.05, 3.63) is 89.7 Å². The zero-order valence-corrected chi connectivity index (χ0v) is 18.2. The molecule has 1 aromatic heterocycles. The Bertz CT molecular complexity index is 1150. The third-order valence-electron chi connectivity index (χ3n) is 4.78. The molecule has 0 radical (unpaired) electrons. The Morgan fingerprint density at radius 1 is 0.633 bits per heavy atom. The Balaban J connectivity index is 1.63. The average Bonchev–Trinajstić information content (AvgIpc) is 2.73. The smallest absolute Gasteiger partial charge is 0.208 e. The van der Waals surface area contributed by atoms with Crippen LogP contribution in [0.1, 0.15) is 26.3 Å². The summed E-state index contributed by atoms with van der Waals surface area (Å²) in [5.74, 6) is 1.14. The van der Waals surface area contributed by atoms with Gasteiger partial charge >= 0.3 is 0 Å². The van der Waals surface area contributed by atoms with Crippen LogP contribution in [0, 0.1) is 5.41 Å². The van der Waals surface area contributed by atoms with Crippen LogP contribution in [-0.2, 0) is 6.42 Å². The number of halogens is 1. The van der Waals surface area contributed by atoms with E-state index >= 15 is 0 Å². The number of rotatable bonds is 4. The van der Waals surface area contributed by atoms with Gasteiger partial charge in [0.2, 0.25) is 5.28 Å². The van der Waals surface area contributed by atoms with Crippen LogP contribution in [0.5, 0.6) is 0 Å². The Hall–Kier alpha value is -3.04. The van der Waals surface area contributed by atoms with Crippen molar-refractivity contribution in [3.8, 4) is 33.9 Å². The number of benzene rings is 3. The van der Waals surface area contributed by atoms with E-state index in [2.05, 4.69) is 72.1 Å². The van der Waals surface area contributed by atoms with Crippen molar-refractivity contribution in [2.45, 2.75) is 27.2 Å². The summed E-state index contributed by atoms with van der Waals surface area (Å²) in [6.45, 7) is 6.79. The molecule has 0 unspecified atom stereocenters. The first-order valence-corrected chi connectivity index (χ1v) is 10.4. The van der Waals surface area contributed by atoms with Gasteiger partial charge in [-0.2, -0.15) is 9.97 Å². The predicted molar refractivity (Wildman–Crippen MR) is 124 cm³/mol. The normalized spacial score (nSPS) is 11.5. The van der Waals surface area contributed by atoms with Gasteiger partial charge in [-0.25, -0.2) is 4.98 Å². The highest BCUT2D eigenvalue weighted by Gasteiger charge is 2.12. The first-order valence-electron chi connectivity index (χ1n) is 10.0. The van der Waals surface area contributed by atoms with Gasteiger partial charge in [0.1, 0.15) is 0 Å². The monoisotopic (exact) mass is 413 g/mol. The van der Waals surface area contributed by atoms with Crippen molar-refractivity contribution in [2.75, 3.05) is 0 Å². The molecule has 4 heteroatoms. The van der Waals surface area contributed by atoms with Crippen LogP contribution in [0.4, 0.5) is 0 Å². The molecule has 0 fully saturated rings. The summed E-state index contributed by atoms with van der Waals surface area (Å²) in [6, 6.07) is 26.8. The molecule has 0 saturated heterocycles. The van der Waals surface area contributed by atoms with Crippen molar-refractivity contribution in [1.82, 2.24) is 15.0 Å². The quantitative estimate of drug-likeness (QED) is 0.357. The second-order valence-electron chi connectivity index (χ2n) is 8.63. The molecular formula is C26H24ClN3. The summed E-state index contributed by atoms with van der Waals surface area (Å²) < 4.78 is 0. The number of aromatic nitrogens is 3. The van der Waals surface area contributed by atoms with E-state index in [1.54, 1.807) is 0 Å². The lowest BCUT2D eigenvalue weighted by molar-refractivity contribution is 0.411. The maximum atomic E-state index is 6.18. The fraction of sp³-hybridized carbons (Fsp3) is 0.192. The van der Waals surface area contributed by atoms with E-state index in [4.69, 9.17) is 11.6 Å². The van der Waals surface area contributed by atoms with E-state index in [9.17, 15) is 0 Å². The molecule has 30 heavy (non-hydrogen) atoms. The van der Waals surface area contributed by atoms with E-state index < -0.39 is 0 Å². The Kier molecular flexibility index (Phi) is 5.65. The second kappa shape index (κ2) is 8.37. The molecule has 0 amide bonds. The number of nitrogens with zero attached hydrogens (tertiary/aromatic N) is 3. The van der Waals surface area contributed by atoms with Gasteiger partial charge in [0.05, 0.1) is 0 Å². The summed E-state index contributed by atoms with van der Waals surface area (Å²) in [6.07, 6.45) is 1.05. The van der Waals surface area contributed by atoms with Crippen LogP contribution in [0.15, 0.2) is 78.9 Å². The number of hydrogen-bond donors (Lipinski definition) is 0. The fourth-order valence-electron chi connectivity index (χ4n) is 3.48. The van der Waals surface area contributed by atoms with Crippen molar-refractivity contribution in [2.24, 2.45) is 5.41 Å². The van der Waals surface area contributed by atoms with E-state index in [0.717, 1.165) is 23.1 Å². The van der Waals surface area contributed by atoms with Crippen molar-refractivity contribution in [1.29, 1.82) is 0 Å². The summed E-state index contributed by atoms with van der Waals surface area (Å²) >= 11 is 6.18. The molecule has 0 aliphatic carbocycles. The fourth-order valence-corrected chi connectivity index (χ4v) is 3.64. The van der Waals surface area contributed by atoms with E-state index in [1.807, 2.05) is 42.5 Å². The van der Waals surface area contributed by atoms with Crippen LogP contribution >= 0.6 is 11.6 Å². The average molecular weight is 414 g/mol. The minimum Gasteiger partial charge on any atom is -0.208 e. The van der Waals surface area contributed by atoms with E-state index in [1.165, 1.54) is 11.1 Å². The molecule has 0 bridgehead atoms. The van der Waals surface area contributed by atoms with E-state index in [0.29, 0.717) is 11.6 Å². The lowest BCUT2D eigenvalue weighted by Gasteiger charge is -2.18. The summed E-state index contributed by atoms with van der Waals surface area (Å²) in [5, 5.41) is 0.192. The molecule has 0 spiro atoms. The van der Waals surface area contributed by atoms with Crippen molar-refractivity contribution < 1.29 is 0 Å². The lowest BCUT2D eigenvalue weighted by atomic mass is 9.87. The van der Waals surface area contributed by atoms with Crippen molar-refractivity contribution >= 4 is 11.6 Å². The molecule has 0 aliphatic rings. The topological polar surface area (TPSA) is 38.7 Å². The zero-order chi connectivity index (χ0) is 21.1. The molecule has 3 nitrogen and oxygen atoms in total. The Labute approximate surface area is 182 Å². The highest BCUT2D eigenvalue weighted by molar-refractivity contribution is 6.28. The largest absolute Gasteiger partial charge is 0.226 e. The first kappa shape index (κ1) is 20.2. The molecule has 0 aliphatic heterocycles. The van der Waals surface area contributed by atoms with Crippen molar-refractivity contribution in [3.63, 3.8) is 0 Å². The third kappa shape index (κ3) is 4.92. The van der Waals surface area contributed by atoms with Gasteiger partial charge in [-0.3, -0.25) is 0 Å². The maximum Gasteiger partial charge on any atom is 0.226 e. The minimum absolute atomic E-state index is 0.192.